The Morgan fingerprint density at radius 1 is 1.35 bits per heavy atom. The molecule has 0 aromatic carbocycles. The number of carbonyl (C=O) groups is 2. The van der Waals surface area contributed by atoms with Crippen LogP contribution in [0.1, 0.15) is 45.0 Å². The molecule has 20 heavy (non-hydrogen) atoms. The van der Waals surface area contributed by atoms with Crippen molar-refractivity contribution in [3.05, 3.63) is 18.0 Å². The lowest BCUT2D eigenvalue weighted by Crippen LogP contribution is -2.47. The van der Waals surface area contributed by atoms with Crippen LogP contribution in [0.2, 0.25) is 0 Å². The molecule has 0 spiro atoms. The van der Waals surface area contributed by atoms with E-state index in [0.29, 0.717) is 5.56 Å². The van der Waals surface area contributed by atoms with Gasteiger partial charge in [0.05, 0.1) is 11.8 Å². The van der Waals surface area contributed by atoms with Crippen molar-refractivity contribution in [3.63, 3.8) is 0 Å². The topological polar surface area (TPSA) is 73.2 Å². The predicted molar refractivity (Wildman–Crippen MR) is 75.1 cm³/mol. The number of carbonyl (C=O) groups excluding carboxylic acids is 2. The Balaban J connectivity index is 2.77. The minimum absolute atomic E-state index is 0.0644. The molecule has 1 heterocycles. The molecule has 1 amide bonds. The first kappa shape index (κ1) is 16.2. The van der Waals surface area contributed by atoms with E-state index in [2.05, 4.69) is 10.4 Å². The lowest BCUT2D eigenvalue weighted by molar-refractivity contribution is -0.158. The largest absolute Gasteiger partial charge is 0.458 e. The van der Waals surface area contributed by atoms with Gasteiger partial charge in [-0.25, -0.2) is 4.79 Å². The molecule has 0 radical (unpaired) electrons. The third kappa shape index (κ3) is 4.68. The van der Waals surface area contributed by atoms with Gasteiger partial charge in [0.2, 0.25) is 0 Å². The van der Waals surface area contributed by atoms with Crippen LogP contribution in [-0.4, -0.2) is 33.3 Å². The van der Waals surface area contributed by atoms with Crippen molar-refractivity contribution < 1.29 is 14.3 Å². The van der Waals surface area contributed by atoms with E-state index in [9.17, 15) is 9.59 Å². The second-order valence-corrected chi connectivity index (χ2v) is 6.13. The summed E-state index contributed by atoms with van der Waals surface area (Å²) in [5, 5.41) is 6.64. The van der Waals surface area contributed by atoms with Gasteiger partial charge >= 0.3 is 5.97 Å². The van der Waals surface area contributed by atoms with Gasteiger partial charge < -0.3 is 10.1 Å². The van der Waals surface area contributed by atoms with E-state index in [4.69, 9.17) is 4.74 Å². The molecule has 0 unspecified atom stereocenters. The fourth-order valence-corrected chi connectivity index (χ4v) is 1.63. The Kier molecular flexibility index (Phi) is 4.92. The number of hydrogen-bond donors (Lipinski definition) is 1. The Morgan fingerprint density at radius 2 is 1.95 bits per heavy atom. The summed E-state index contributed by atoms with van der Waals surface area (Å²) < 4.78 is 6.86. The molecule has 0 aliphatic carbocycles. The highest BCUT2D eigenvalue weighted by molar-refractivity contribution is 5.96. The smallest absolute Gasteiger partial charge is 0.329 e. The van der Waals surface area contributed by atoms with Crippen molar-refractivity contribution in [3.8, 4) is 0 Å². The van der Waals surface area contributed by atoms with E-state index >= 15 is 0 Å². The zero-order valence-corrected chi connectivity index (χ0v) is 12.9. The number of nitrogens with zero attached hydrogens (tertiary/aromatic N) is 2. The zero-order chi connectivity index (χ0) is 15.5. The van der Waals surface area contributed by atoms with Crippen LogP contribution in [0.5, 0.6) is 0 Å². The van der Waals surface area contributed by atoms with Crippen molar-refractivity contribution >= 4 is 11.9 Å². The molecule has 1 atom stereocenters. The average molecular weight is 281 g/mol. The van der Waals surface area contributed by atoms with Gasteiger partial charge in [-0.2, -0.15) is 5.10 Å². The SMILES string of the molecule is CC(C)[C@@H](NC(=O)c1cnn(C)c1)C(=O)OC(C)(C)C. The van der Waals surface area contributed by atoms with E-state index < -0.39 is 17.6 Å². The van der Waals surface area contributed by atoms with Crippen LogP contribution in [0.25, 0.3) is 0 Å². The van der Waals surface area contributed by atoms with Crippen molar-refractivity contribution in [2.75, 3.05) is 0 Å². The van der Waals surface area contributed by atoms with Gasteiger partial charge in [0.15, 0.2) is 0 Å². The predicted octanol–water partition coefficient (Wildman–Crippen LogP) is 1.52. The minimum atomic E-state index is -0.679. The maximum atomic E-state index is 12.1. The van der Waals surface area contributed by atoms with Crippen molar-refractivity contribution in [2.45, 2.75) is 46.3 Å². The molecule has 0 aliphatic heterocycles. The Bertz CT molecular complexity index is 486. The molecule has 1 aromatic rings. The maximum absolute atomic E-state index is 12.1. The van der Waals surface area contributed by atoms with Gasteiger partial charge in [0.1, 0.15) is 11.6 Å². The Labute approximate surface area is 119 Å². The maximum Gasteiger partial charge on any atom is 0.329 e. The molecule has 112 valence electrons. The molecule has 6 heteroatoms. The van der Waals surface area contributed by atoms with Gasteiger partial charge in [0, 0.05) is 13.2 Å². The fraction of sp³-hybridized carbons (Fsp3) is 0.643. The zero-order valence-electron chi connectivity index (χ0n) is 12.9. The van der Waals surface area contributed by atoms with Crippen LogP contribution in [0, 0.1) is 5.92 Å². The molecule has 0 bridgehead atoms. The Hall–Kier alpha value is -1.85. The monoisotopic (exact) mass is 281 g/mol. The summed E-state index contributed by atoms with van der Waals surface area (Å²) in [5.74, 6) is -0.821. The van der Waals surface area contributed by atoms with Gasteiger partial charge in [-0.1, -0.05) is 13.8 Å². The molecule has 1 aromatic heterocycles. The highest BCUT2D eigenvalue weighted by Gasteiger charge is 2.29. The quantitative estimate of drug-likeness (QED) is 0.849. The number of aromatic nitrogens is 2. The van der Waals surface area contributed by atoms with Gasteiger partial charge in [-0.05, 0) is 26.7 Å². The first-order valence-electron chi connectivity index (χ1n) is 6.62. The van der Waals surface area contributed by atoms with E-state index in [0.717, 1.165) is 0 Å². The van der Waals surface area contributed by atoms with Crippen LogP contribution in [0.4, 0.5) is 0 Å². The third-order valence-corrected chi connectivity index (χ3v) is 2.58. The van der Waals surface area contributed by atoms with E-state index in [1.54, 1.807) is 34.0 Å². The number of aryl methyl sites for hydroxylation is 1. The molecule has 0 saturated heterocycles. The number of rotatable bonds is 4. The van der Waals surface area contributed by atoms with Crippen LogP contribution in [0.3, 0.4) is 0 Å². The van der Waals surface area contributed by atoms with Crippen molar-refractivity contribution in [1.29, 1.82) is 0 Å². The molecule has 0 aliphatic rings. The number of hydrogen-bond acceptors (Lipinski definition) is 4. The lowest BCUT2D eigenvalue weighted by Gasteiger charge is -2.26. The van der Waals surface area contributed by atoms with Crippen LogP contribution < -0.4 is 5.32 Å². The standard InChI is InChI=1S/C14H23N3O3/c1-9(2)11(13(19)20-14(3,4)5)16-12(18)10-7-15-17(6)8-10/h7-9,11H,1-6H3,(H,16,18)/t11-/m1/s1. The number of amides is 1. The number of nitrogens with one attached hydrogen (secondary N) is 1. The number of esters is 1. The molecular weight excluding hydrogens is 258 g/mol. The summed E-state index contributed by atoms with van der Waals surface area (Å²) in [5.41, 5.74) is -0.162. The first-order valence-corrected chi connectivity index (χ1v) is 6.62. The van der Waals surface area contributed by atoms with Crippen molar-refractivity contribution in [1.82, 2.24) is 15.1 Å². The summed E-state index contributed by atoms with van der Waals surface area (Å²) in [6.07, 6.45) is 3.06. The Morgan fingerprint density at radius 3 is 2.35 bits per heavy atom. The second-order valence-electron chi connectivity index (χ2n) is 6.13. The summed E-state index contributed by atoms with van der Waals surface area (Å²) >= 11 is 0. The first-order chi connectivity index (χ1) is 9.10. The fourth-order valence-electron chi connectivity index (χ4n) is 1.63. The van der Waals surface area contributed by atoms with Crippen molar-refractivity contribution in [2.24, 2.45) is 13.0 Å². The molecule has 0 saturated carbocycles. The molecule has 6 nitrogen and oxygen atoms in total. The van der Waals surface area contributed by atoms with Gasteiger partial charge in [0.25, 0.3) is 5.91 Å². The van der Waals surface area contributed by atoms with Gasteiger partial charge in [-0.15, -0.1) is 0 Å². The van der Waals surface area contributed by atoms with E-state index in [-0.39, 0.29) is 11.8 Å². The molecule has 1 N–H and O–H groups in total. The van der Waals surface area contributed by atoms with E-state index in [1.807, 2.05) is 13.8 Å². The lowest BCUT2D eigenvalue weighted by atomic mass is 10.0. The number of ether oxygens (including phenoxy) is 1. The highest BCUT2D eigenvalue weighted by atomic mass is 16.6. The molecule has 1 rings (SSSR count). The van der Waals surface area contributed by atoms with Crippen LogP contribution in [-0.2, 0) is 16.6 Å². The van der Waals surface area contributed by atoms with E-state index in [1.165, 1.54) is 10.9 Å². The minimum Gasteiger partial charge on any atom is -0.458 e. The average Bonchev–Trinajstić information content (AvgIpc) is 2.69. The third-order valence-electron chi connectivity index (χ3n) is 2.58. The summed E-state index contributed by atoms with van der Waals surface area (Å²) in [6.45, 7) is 9.11. The second kappa shape index (κ2) is 6.07. The summed E-state index contributed by atoms with van der Waals surface area (Å²) in [7, 11) is 1.73. The summed E-state index contributed by atoms with van der Waals surface area (Å²) in [6, 6.07) is -0.679. The molecule has 0 fully saturated rings. The normalized spacial score (nSPS) is 13.2. The summed E-state index contributed by atoms with van der Waals surface area (Å²) in [4.78, 5) is 24.2. The van der Waals surface area contributed by atoms with Crippen LogP contribution >= 0.6 is 0 Å². The highest BCUT2D eigenvalue weighted by Crippen LogP contribution is 2.13. The molecular formula is C14H23N3O3. The van der Waals surface area contributed by atoms with Gasteiger partial charge in [-0.3, -0.25) is 9.48 Å². The van der Waals surface area contributed by atoms with Crippen LogP contribution in [0.15, 0.2) is 12.4 Å².